The smallest absolute Gasteiger partial charge is 0.405 e. The number of aliphatic hydroxyl groups is 1. The second-order valence-corrected chi connectivity index (χ2v) is 6.92. The minimum absolute atomic E-state index is 0.00447. The van der Waals surface area contributed by atoms with Gasteiger partial charge in [0.05, 0.1) is 12.6 Å². The largest absolute Gasteiger partial charge is 0.465 e. The van der Waals surface area contributed by atoms with E-state index in [1.165, 1.54) is 0 Å². The van der Waals surface area contributed by atoms with Gasteiger partial charge in [0, 0.05) is 12.5 Å². The maximum absolute atomic E-state index is 12.4. The van der Waals surface area contributed by atoms with E-state index in [0.29, 0.717) is 25.8 Å². The van der Waals surface area contributed by atoms with E-state index in [-0.39, 0.29) is 23.8 Å². The van der Waals surface area contributed by atoms with Crippen molar-refractivity contribution >= 4 is 17.9 Å². The Kier molecular flexibility index (Phi) is 5.46. The Morgan fingerprint density at radius 1 is 1.39 bits per heavy atom. The molecule has 1 saturated heterocycles. The van der Waals surface area contributed by atoms with E-state index in [0.717, 1.165) is 12.8 Å². The monoisotopic (exact) mass is 327 g/mol. The third-order valence-electron chi connectivity index (χ3n) is 4.71. The van der Waals surface area contributed by atoms with Gasteiger partial charge in [-0.1, -0.05) is 6.92 Å². The van der Waals surface area contributed by atoms with Gasteiger partial charge in [0.2, 0.25) is 11.8 Å². The Hall–Kier alpha value is -1.83. The van der Waals surface area contributed by atoms with E-state index < -0.39 is 24.1 Å². The quantitative estimate of drug-likeness (QED) is 0.422. The molecule has 3 amide bonds. The van der Waals surface area contributed by atoms with Crippen molar-refractivity contribution < 1.29 is 24.6 Å². The van der Waals surface area contributed by atoms with Crippen molar-refractivity contribution in [1.29, 1.82) is 0 Å². The maximum atomic E-state index is 12.4. The van der Waals surface area contributed by atoms with Crippen LogP contribution in [0.3, 0.4) is 0 Å². The average Bonchev–Trinajstić information content (AvgIpc) is 3.07. The van der Waals surface area contributed by atoms with E-state index in [4.69, 9.17) is 5.11 Å². The minimum Gasteiger partial charge on any atom is -0.465 e. The fourth-order valence-corrected chi connectivity index (χ4v) is 2.96. The summed E-state index contributed by atoms with van der Waals surface area (Å²) in [7, 11) is 0. The summed E-state index contributed by atoms with van der Waals surface area (Å²) in [4.78, 5) is 34.9. The molecular formula is C15H25N3O5. The van der Waals surface area contributed by atoms with Gasteiger partial charge >= 0.3 is 6.09 Å². The van der Waals surface area contributed by atoms with Crippen molar-refractivity contribution in [3.05, 3.63) is 0 Å². The van der Waals surface area contributed by atoms with Crippen molar-refractivity contribution in [3.8, 4) is 0 Å². The van der Waals surface area contributed by atoms with Crippen molar-refractivity contribution in [2.45, 2.75) is 51.1 Å². The van der Waals surface area contributed by atoms with Gasteiger partial charge in [0.25, 0.3) is 0 Å². The molecule has 2 aliphatic rings. The molecule has 23 heavy (non-hydrogen) atoms. The summed E-state index contributed by atoms with van der Waals surface area (Å²) in [6.07, 6.45) is 2.18. The highest BCUT2D eigenvalue weighted by molar-refractivity contribution is 5.85. The van der Waals surface area contributed by atoms with Crippen molar-refractivity contribution in [3.63, 3.8) is 0 Å². The summed E-state index contributed by atoms with van der Waals surface area (Å²) in [5.74, 6) is -0.735. The van der Waals surface area contributed by atoms with E-state index >= 15 is 0 Å². The third-order valence-corrected chi connectivity index (χ3v) is 4.71. The molecule has 1 aliphatic heterocycles. The molecule has 8 nitrogen and oxygen atoms in total. The lowest BCUT2D eigenvalue weighted by Gasteiger charge is -2.24. The Morgan fingerprint density at radius 3 is 2.57 bits per heavy atom. The third kappa shape index (κ3) is 5.09. The van der Waals surface area contributed by atoms with Crippen LogP contribution in [0.5, 0.6) is 0 Å². The van der Waals surface area contributed by atoms with E-state index in [1.54, 1.807) is 0 Å². The van der Waals surface area contributed by atoms with Crippen LogP contribution in [-0.2, 0) is 9.59 Å². The molecule has 2 rings (SSSR count). The molecule has 0 spiro atoms. The van der Waals surface area contributed by atoms with E-state index in [9.17, 15) is 19.5 Å². The molecule has 1 saturated carbocycles. The molecule has 2 fully saturated rings. The maximum Gasteiger partial charge on any atom is 0.405 e. The fraction of sp³-hybridized carbons (Fsp3) is 0.800. The standard InChI is InChI=1S/C15H25N3O5/c1-15(3-4-15)7-11(18-14(22)23)13(21)17-10(8-19)6-9-2-5-16-12(9)20/h9-11,18-19H,2-8H2,1H3,(H,16,20)(H,17,21)(H,22,23)/t9-,10-,11-/m0/s1. The number of hydrogen-bond acceptors (Lipinski definition) is 4. The lowest BCUT2D eigenvalue weighted by molar-refractivity contribution is -0.126. The van der Waals surface area contributed by atoms with Crippen LogP contribution < -0.4 is 16.0 Å². The highest BCUT2D eigenvalue weighted by Crippen LogP contribution is 2.48. The zero-order valence-corrected chi connectivity index (χ0v) is 13.3. The topological polar surface area (TPSA) is 128 Å². The van der Waals surface area contributed by atoms with Crippen molar-refractivity contribution in [2.24, 2.45) is 11.3 Å². The van der Waals surface area contributed by atoms with Crippen molar-refractivity contribution in [1.82, 2.24) is 16.0 Å². The Bertz CT molecular complexity index is 478. The normalized spacial score (nSPS) is 24.4. The van der Waals surface area contributed by atoms with Crippen molar-refractivity contribution in [2.75, 3.05) is 13.2 Å². The van der Waals surface area contributed by atoms with Gasteiger partial charge in [0.15, 0.2) is 0 Å². The van der Waals surface area contributed by atoms with Gasteiger partial charge in [-0.3, -0.25) is 9.59 Å². The van der Waals surface area contributed by atoms with Crippen LogP contribution in [0.25, 0.3) is 0 Å². The van der Waals surface area contributed by atoms with Gasteiger partial charge in [0.1, 0.15) is 6.04 Å². The molecule has 130 valence electrons. The molecule has 3 atom stereocenters. The lowest BCUT2D eigenvalue weighted by Crippen LogP contribution is -2.51. The highest BCUT2D eigenvalue weighted by Gasteiger charge is 2.41. The average molecular weight is 327 g/mol. The van der Waals surface area contributed by atoms with Crippen LogP contribution in [0.2, 0.25) is 0 Å². The Balaban J connectivity index is 1.91. The van der Waals surface area contributed by atoms with Gasteiger partial charge in [-0.05, 0) is 37.5 Å². The molecular weight excluding hydrogens is 302 g/mol. The summed E-state index contributed by atoms with van der Waals surface area (Å²) in [5.41, 5.74) is 0.00447. The second kappa shape index (κ2) is 7.16. The molecule has 0 radical (unpaired) electrons. The molecule has 0 unspecified atom stereocenters. The number of rotatable bonds is 8. The summed E-state index contributed by atoms with van der Waals surface area (Å²) >= 11 is 0. The first-order valence-corrected chi connectivity index (χ1v) is 8.01. The minimum atomic E-state index is -1.25. The number of carbonyl (C=O) groups is 3. The predicted molar refractivity (Wildman–Crippen MR) is 81.7 cm³/mol. The first-order chi connectivity index (χ1) is 10.8. The molecule has 0 aromatic carbocycles. The zero-order chi connectivity index (χ0) is 17.0. The number of amides is 3. The van der Waals surface area contributed by atoms with Crippen LogP contribution in [-0.4, -0.2) is 53.4 Å². The van der Waals surface area contributed by atoms with Gasteiger partial charge in [-0.2, -0.15) is 0 Å². The van der Waals surface area contributed by atoms with Gasteiger partial charge < -0.3 is 26.2 Å². The molecule has 1 heterocycles. The van der Waals surface area contributed by atoms with E-state index in [1.807, 2.05) is 6.92 Å². The van der Waals surface area contributed by atoms with Crippen LogP contribution in [0.1, 0.15) is 39.0 Å². The highest BCUT2D eigenvalue weighted by atomic mass is 16.4. The van der Waals surface area contributed by atoms with Gasteiger partial charge in [-0.15, -0.1) is 0 Å². The SMILES string of the molecule is CC1(C[C@H](NC(=O)O)C(=O)N[C@H](CO)C[C@@H]2CCNC2=O)CC1. The van der Waals surface area contributed by atoms with Crippen LogP contribution in [0.4, 0.5) is 4.79 Å². The molecule has 0 aromatic rings. The number of aliphatic hydroxyl groups excluding tert-OH is 1. The first-order valence-electron chi connectivity index (χ1n) is 8.01. The summed E-state index contributed by atoms with van der Waals surface area (Å²) < 4.78 is 0. The number of carboxylic acid groups (broad SMARTS) is 1. The number of hydrogen-bond donors (Lipinski definition) is 5. The summed E-state index contributed by atoms with van der Waals surface area (Å²) in [6, 6.07) is -1.40. The zero-order valence-electron chi connectivity index (χ0n) is 13.3. The predicted octanol–water partition coefficient (Wildman–Crippen LogP) is -0.184. The van der Waals surface area contributed by atoms with Crippen LogP contribution in [0, 0.1) is 11.3 Å². The fourth-order valence-electron chi connectivity index (χ4n) is 2.96. The van der Waals surface area contributed by atoms with Crippen LogP contribution >= 0.6 is 0 Å². The summed E-state index contributed by atoms with van der Waals surface area (Å²) in [5, 5.41) is 26.0. The lowest BCUT2D eigenvalue weighted by atomic mass is 9.96. The first kappa shape index (κ1) is 17.5. The molecule has 8 heteroatoms. The van der Waals surface area contributed by atoms with Crippen LogP contribution in [0.15, 0.2) is 0 Å². The van der Waals surface area contributed by atoms with Gasteiger partial charge in [-0.25, -0.2) is 4.79 Å². The van der Waals surface area contributed by atoms with E-state index in [2.05, 4.69) is 16.0 Å². The number of nitrogens with one attached hydrogen (secondary N) is 3. The number of carbonyl (C=O) groups excluding carboxylic acids is 2. The molecule has 5 N–H and O–H groups in total. The Labute approximate surface area is 135 Å². The summed E-state index contributed by atoms with van der Waals surface area (Å²) in [6.45, 7) is 2.34. The second-order valence-electron chi connectivity index (χ2n) is 6.92. The molecule has 1 aliphatic carbocycles. The molecule has 0 aromatic heterocycles. The molecule has 0 bridgehead atoms. The Morgan fingerprint density at radius 2 is 2.09 bits per heavy atom.